The van der Waals surface area contributed by atoms with Crippen LogP contribution >= 0.6 is 0 Å². The molecule has 0 N–H and O–H groups in total. The van der Waals surface area contributed by atoms with Crippen LogP contribution in [0, 0.1) is 43.4 Å². The highest BCUT2D eigenvalue weighted by Crippen LogP contribution is 2.50. The fourth-order valence-electron chi connectivity index (χ4n) is 9.15. The first-order valence-corrected chi connectivity index (χ1v) is 20.8. The highest BCUT2D eigenvalue weighted by atomic mass is 16.5. The van der Waals surface area contributed by atoms with E-state index in [4.69, 9.17) is 14.8 Å². The number of aromatic nitrogens is 4. The molecule has 7 rings (SSSR count). The van der Waals surface area contributed by atoms with E-state index in [9.17, 15) is 0 Å². The van der Waals surface area contributed by atoms with Gasteiger partial charge in [0.1, 0.15) is 17.3 Å². The summed E-state index contributed by atoms with van der Waals surface area (Å²) in [6.07, 6.45) is 7.91. The van der Waals surface area contributed by atoms with Crippen LogP contribution in [0.1, 0.15) is 116 Å². The van der Waals surface area contributed by atoms with Gasteiger partial charge in [0.15, 0.2) is 0 Å². The van der Waals surface area contributed by atoms with Crippen LogP contribution in [0.4, 0.5) is 0 Å². The van der Waals surface area contributed by atoms with Crippen molar-refractivity contribution in [3.8, 4) is 23.0 Å². The quantitative estimate of drug-likeness (QED) is 0.132. The lowest BCUT2D eigenvalue weighted by molar-refractivity contribution is 0.232. The molecule has 1 aliphatic rings. The second kappa shape index (κ2) is 15.1. The monoisotopic (exact) mass is 734 g/mol. The van der Waals surface area contributed by atoms with Crippen molar-refractivity contribution in [3.63, 3.8) is 0 Å². The Bertz CT molecular complexity index is 2360. The first-order valence-electron chi connectivity index (χ1n) is 20.8. The number of hydrogen-bond donors (Lipinski definition) is 0. The van der Waals surface area contributed by atoms with Gasteiger partial charge in [-0.2, -0.15) is 5.10 Å². The third kappa shape index (κ3) is 7.39. The summed E-state index contributed by atoms with van der Waals surface area (Å²) in [6, 6.07) is 26.1. The number of hydrogen-bond acceptors (Lipinski definition) is 3. The molecule has 6 aromatic rings. The number of pyridine rings is 1. The molecule has 0 bridgehead atoms. The van der Waals surface area contributed by atoms with Gasteiger partial charge >= 0.3 is 0 Å². The summed E-state index contributed by atoms with van der Waals surface area (Å²) in [6.45, 7) is 27.9. The molecule has 3 heterocycles. The van der Waals surface area contributed by atoms with Gasteiger partial charge in [-0.05, 0) is 115 Å². The summed E-state index contributed by atoms with van der Waals surface area (Å²) >= 11 is 0. The normalized spacial score (nSPS) is 17.9. The molecule has 0 amide bonds. The van der Waals surface area contributed by atoms with Gasteiger partial charge in [0, 0.05) is 46.3 Å². The van der Waals surface area contributed by atoms with E-state index in [1.807, 2.05) is 6.20 Å². The minimum absolute atomic E-state index is 0.0931. The SMILES string of the molecule is CCCc1ccnc(-n2c3ccccc3c3ccc(Oc4cc(-n5nc(C)c(C6C(C(C)C)=C[C@H](C(C)C)C[C@@H]6C(C)C)c5C)cc(C(C)(C)C)c4)cc32)c1. The molecule has 3 aromatic heterocycles. The van der Waals surface area contributed by atoms with Crippen LogP contribution in [0.5, 0.6) is 11.5 Å². The second-order valence-corrected chi connectivity index (χ2v) is 18.2. The standard InChI is InChI=1S/C50H62N4O/c1-13-16-35-21-22-51-47(23-35)53-45-18-15-14-17-41(45)42-20-19-39(29-46(42)53)55-40-27-37(50(10,11)12)26-38(28-40)54-34(9)48(33(8)52-54)49-43(31(4)5)24-36(30(2)3)25-44(49)32(6)7/h14-15,17-24,26-32,36,44,49H,13,16,25H2,1-12H3/t36-,44+,49?/m0/s1. The molecule has 5 heteroatoms. The van der Waals surface area contributed by atoms with Crippen LogP contribution < -0.4 is 4.74 Å². The van der Waals surface area contributed by atoms with Gasteiger partial charge in [0.25, 0.3) is 0 Å². The Morgan fingerprint density at radius 1 is 0.818 bits per heavy atom. The topological polar surface area (TPSA) is 44.9 Å². The summed E-state index contributed by atoms with van der Waals surface area (Å²) < 4.78 is 11.3. The third-order valence-electron chi connectivity index (χ3n) is 12.2. The lowest BCUT2D eigenvalue weighted by Crippen LogP contribution is -2.31. The van der Waals surface area contributed by atoms with E-state index in [2.05, 4.69) is 171 Å². The van der Waals surface area contributed by atoms with E-state index >= 15 is 0 Å². The predicted molar refractivity (Wildman–Crippen MR) is 231 cm³/mol. The Hall–Kier alpha value is -4.64. The summed E-state index contributed by atoms with van der Waals surface area (Å²) in [5, 5.41) is 7.71. The summed E-state index contributed by atoms with van der Waals surface area (Å²) in [5.74, 6) is 5.76. The Labute approximate surface area is 329 Å². The van der Waals surface area contributed by atoms with Crippen molar-refractivity contribution < 1.29 is 4.74 Å². The van der Waals surface area contributed by atoms with Crippen molar-refractivity contribution in [2.45, 2.75) is 114 Å². The lowest BCUT2D eigenvalue weighted by Gasteiger charge is -2.41. The zero-order valence-corrected chi connectivity index (χ0v) is 35.4. The zero-order valence-electron chi connectivity index (χ0n) is 35.4. The number of allylic oxidation sites excluding steroid dienone is 2. The number of fused-ring (bicyclic) bond motifs is 3. The Morgan fingerprint density at radius 3 is 2.25 bits per heavy atom. The van der Waals surface area contributed by atoms with Gasteiger partial charge in [-0.25, -0.2) is 9.67 Å². The number of rotatable bonds is 10. The largest absolute Gasteiger partial charge is 0.457 e. The summed E-state index contributed by atoms with van der Waals surface area (Å²) in [7, 11) is 0. The molecular formula is C50H62N4O. The molecule has 1 aliphatic carbocycles. The molecule has 1 unspecified atom stereocenters. The minimum atomic E-state index is -0.0931. The first kappa shape index (κ1) is 38.6. The molecular weight excluding hydrogens is 673 g/mol. The Balaban J connectivity index is 1.33. The Morgan fingerprint density at radius 2 is 1.56 bits per heavy atom. The fraction of sp³-hybridized carbons (Fsp3) is 0.440. The molecule has 0 fully saturated rings. The fourth-order valence-corrected chi connectivity index (χ4v) is 9.15. The van der Waals surface area contributed by atoms with Crippen LogP contribution in [0.3, 0.4) is 0 Å². The summed E-state index contributed by atoms with van der Waals surface area (Å²) in [4.78, 5) is 4.86. The van der Waals surface area contributed by atoms with Gasteiger partial charge in [0.2, 0.25) is 0 Å². The predicted octanol–water partition coefficient (Wildman–Crippen LogP) is 13.6. The molecule has 288 valence electrons. The number of aryl methyl sites for hydroxylation is 2. The van der Waals surface area contributed by atoms with Crippen LogP contribution in [-0.4, -0.2) is 19.3 Å². The molecule has 0 aliphatic heterocycles. The van der Waals surface area contributed by atoms with E-state index in [-0.39, 0.29) is 5.41 Å². The maximum atomic E-state index is 6.87. The number of ether oxygens (including phenoxy) is 1. The van der Waals surface area contributed by atoms with E-state index in [1.54, 1.807) is 5.57 Å². The molecule has 55 heavy (non-hydrogen) atoms. The molecule has 5 nitrogen and oxygen atoms in total. The van der Waals surface area contributed by atoms with E-state index in [1.165, 1.54) is 39.6 Å². The third-order valence-corrected chi connectivity index (χ3v) is 12.2. The molecule has 0 saturated carbocycles. The van der Waals surface area contributed by atoms with Crippen molar-refractivity contribution >= 4 is 21.8 Å². The van der Waals surface area contributed by atoms with Crippen LogP contribution in [0.15, 0.2) is 90.6 Å². The molecule has 0 spiro atoms. The van der Waals surface area contributed by atoms with Gasteiger partial charge in [-0.3, -0.25) is 4.57 Å². The first-order chi connectivity index (χ1) is 26.2. The van der Waals surface area contributed by atoms with Gasteiger partial charge < -0.3 is 4.74 Å². The maximum absolute atomic E-state index is 6.87. The van der Waals surface area contributed by atoms with Crippen molar-refractivity contribution in [3.05, 3.63) is 119 Å². The minimum Gasteiger partial charge on any atom is -0.457 e. The molecule has 0 saturated heterocycles. The van der Waals surface area contributed by atoms with E-state index < -0.39 is 0 Å². The number of para-hydroxylation sites is 1. The smallest absolute Gasteiger partial charge is 0.137 e. The maximum Gasteiger partial charge on any atom is 0.137 e. The second-order valence-electron chi connectivity index (χ2n) is 18.2. The Kier molecular flexibility index (Phi) is 10.6. The summed E-state index contributed by atoms with van der Waals surface area (Å²) in [5.41, 5.74) is 11.0. The molecule has 3 aromatic carbocycles. The van der Waals surface area contributed by atoms with E-state index in [0.717, 1.165) is 52.6 Å². The van der Waals surface area contributed by atoms with Crippen LogP contribution in [-0.2, 0) is 11.8 Å². The van der Waals surface area contributed by atoms with Gasteiger partial charge in [-0.15, -0.1) is 0 Å². The van der Waals surface area contributed by atoms with Crippen LogP contribution in [0.2, 0.25) is 0 Å². The number of benzene rings is 3. The van der Waals surface area contributed by atoms with Gasteiger partial charge in [0.05, 0.1) is 22.4 Å². The van der Waals surface area contributed by atoms with Crippen molar-refractivity contribution in [2.75, 3.05) is 0 Å². The van der Waals surface area contributed by atoms with Crippen LogP contribution in [0.25, 0.3) is 33.3 Å². The average Bonchev–Trinajstić information content (AvgIpc) is 3.62. The van der Waals surface area contributed by atoms with Crippen molar-refractivity contribution in [1.82, 2.24) is 19.3 Å². The average molecular weight is 735 g/mol. The molecule has 3 atom stereocenters. The number of nitrogens with zero attached hydrogens (tertiary/aromatic N) is 4. The zero-order chi connectivity index (χ0) is 39.3. The van der Waals surface area contributed by atoms with E-state index in [0.29, 0.717) is 35.5 Å². The highest BCUT2D eigenvalue weighted by molar-refractivity contribution is 6.09. The lowest BCUT2D eigenvalue weighted by atomic mass is 9.63. The van der Waals surface area contributed by atoms with Gasteiger partial charge in [-0.1, -0.05) is 106 Å². The van der Waals surface area contributed by atoms with Crippen molar-refractivity contribution in [1.29, 1.82) is 0 Å². The van der Waals surface area contributed by atoms with Crippen molar-refractivity contribution in [2.24, 2.45) is 29.6 Å². The molecule has 0 radical (unpaired) electrons. The highest BCUT2D eigenvalue weighted by Gasteiger charge is 2.39.